The second kappa shape index (κ2) is 5.41. The molecule has 1 heterocycles. The number of fused-ring (bicyclic) bond motifs is 1. The molecule has 1 aliphatic heterocycles. The van der Waals surface area contributed by atoms with Gasteiger partial charge in [0.25, 0.3) is 0 Å². The van der Waals surface area contributed by atoms with Gasteiger partial charge in [0.1, 0.15) is 0 Å². The third-order valence-electron chi connectivity index (χ3n) is 2.51. The number of hydrogen-bond acceptors (Lipinski definition) is 3. The Hall–Kier alpha value is -0.930. The molecule has 0 radical (unpaired) electrons. The highest BCUT2D eigenvalue weighted by Crippen LogP contribution is 2.34. The summed E-state index contributed by atoms with van der Waals surface area (Å²) in [6, 6.07) is 5.88. The molecule has 0 saturated carbocycles. The van der Waals surface area contributed by atoms with Crippen molar-refractivity contribution in [3.8, 4) is 11.5 Å². The molecule has 1 unspecified atom stereocenters. The molecule has 1 atom stereocenters. The highest BCUT2D eigenvalue weighted by Gasteiger charge is 2.15. The molecule has 1 aromatic rings. The molecule has 0 bridgehead atoms. The van der Waals surface area contributed by atoms with Gasteiger partial charge in [-0.1, -0.05) is 6.07 Å². The highest BCUT2D eigenvalue weighted by atomic mass is 35.5. The van der Waals surface area contributed by atoms with Gasteiger partial charge in [0.15, 0.2) is 11.5 Å². The van der Waals surface area contributed by atoms with Crippen molar-refractivity contribution in [3.63, 3.8) is 0 Å². The molecule has 0 fully saturated rings. The number of benzene rings is 1. The second-order valence-corrected chi connectivity index (χ2v) is 4.05. The van der Waals surface area contributed by atoms with Gasteiger partial charge in [0.2, 0.25) is 6.79 Å². The van der Waals surface area contributed by atoms with E-state index in [2.05, 4.69) is 0 Å². The molecule has 0 N–H and O–H groups in total. The van der Waals surface area contributed by atoms with E-state index in [4.69, 9.17) is 25.8 Å². The Labute approximate surface area is 100 Å². The monoisotopic (exact) mass is 242 g/mol. The molecule has 0 spiro atoms. The van der Waals surface area contributed by atoms with Crippen molar-refractivity contribution in [2.45, 2.75) is 19.4 Å². The van der Waals surface area contributed by atoms with Crippen LogP contribution in [0.25, 0.3) is 0 Å². The van der Waals surface area contributed by atoms with E-state index in [1.165, 1.54) is 0 Å². The van der Waals surface area contributed by atoms with Gasteiger partial charge in [-0.2, -0.15) is 0 Å². The fraction of sp³-hybridized carbons (Fsp3) is 0.500. The van der Waals surface area contributed by atoms with Crippen LogP contribution in [0.15, 0.2) is 18.2 Å². The van der Waals surface area contributed by atoms with E-state index >= 15 is 0 Å². The van der Waals surface area contributed by atoms with Gasteiger partial charge in [0.05, 0.1) is 6.10 Å². The lowest BCUT2D eigenvalue weighted by Gasteiger charge is -2.13. The van der Waals surface area contributed by atoms with Crippen molar-refractivity contribution in [2.75, 3.05) is 19.3 Å². The number of ether oxygens (including phenoxy) is 3. The van der Waals surface area contributed by atoms with Crippen LogP contribution in [0.5, 0.6) is 11.5 Å². The van der Waals surface area contributed by atoms with Gasteiger partial charge in [-0.3, -0.25) is 0 Å². The van der Waals surface area contributed by atoms with Crippen LogP contribution in [0.3, 0.4) is 0 Å². The summed E-state index contributed by atoms with van der Waals surface area (Å²) in [6.45, 7) is 3.01. The lowest BCUT2D eigenvalue weighted by molar-refractivity contribution is 0.0665. The lowest BCUT2D eigenvalue weighted by atomic mass is 10.1. The molecule has 3 nitrogen and oxygen atoms in total. The minimum atomic E-state index is 0.0534. The SMILES string of the molecule is CC(OCCCCl)c1ccc2c(c1)OCO2. The molecule has 0 aliphatic carbocycles. The molecular weight excluding hydrogens is 228 g/mol. The molecule has 4 heteroatoms. The molecular formula is C12H15ClO3. The van der Waals surface area contributed by atoms with E-state index in [9.17, 15) is 0 Å². The summed E-state index contributed by atoms with van der Waals surface area (Å²) in [5.41, 5.74) is 1.10. The van der Waals surface area contributed by atoms with E-state index < -0.39 is 0 Å². The molecule has 1 aromatic carbocycles. The zero-order chi connectivity index (χ0) is 11.4. The van der Waals surface area contributed by atoms with Crippen LogP contribution in [0.2, 0.25) is 0 Å². The van der Waals surface area contributed by atoms with Crippen LogP contribution >= 0.6 is 11.6 Å². The van der Waals surface area contributed by atoms with Crippen molar-refractivity contribution in [2.24, 2.45) is 0 Å². The van der Waals surface area contributed by atoms with Gasteiger partial charge in [-0.15, -0.1) is 11.6 Å². The van der Waals surface area contributed by atoms with Crippen molar-refractivity contribution >= 4 is 11.6 Å². The predicted molar refractivity (Wildman–Crippen MR) is 62.3 cm³/mol. The standard InChI is InChI=1S/C12H15ClO3/c1-9(14-6-2-5-13)10-3-4-11-12(7-10)16-8-15-11/h3-4,7,9H,2,5-6,8H2,1H3. The largest absolute Gasteiger partial charge is 0.454 e. The summed E-state index contributed by atoms with van der Waals surface area (Å²) in [6.07, 6.45) is 0.925. The summed E-state index contributed by atoms with van der Waals surface area (Å²) < 4.78 is 16.2. The van der Waals surface area contributed by atoms with Crippen LogP contribution in [-0.4, -0.2) is 19.3 Å². The third kappa shape index (κ3) is 2.60. The summed E-state index contributed by atoms with van der Waals surface area (Å²) in [4.78, 5) is 0. The molecule has 88 valence electrons. The zero-order valence-corrected chi connectivity index (χ0v) is 10.00. The topological polar surface area (TPSA) is 27.7 Å². The van der Waals surface area contributed by atoms with Crippen molar-refractivity contribution in [3.05, 3.63) is 23.8 Å². The van der Waals surface area contributed by atoms with Crippen molar-refractivity contribution < 1.29 is 14.2 Å². The number of hydrogen-bond donors (Lipinski definition) is 0. The van der Waals surface area contributed by atoms with Crippen molar-refractivity contribution in [1.29, 1.82) is 0 Å². The Bertz CT molecular complexity index is 354. The van der Waals surface area contributed by atoms with Crippen molar-refractivity contribution in [1.82, 2.24) is 0 Å². The van der Waals surface area contributed by atoms with Gasteiger partial charge in [-0.05, 0) is 31.0 Å². The van der Waals surface area contributed by atoms with Gasteiger partial charge in [0, 0.05) is 12.5 Å². The first kappa shape index (κ1) is 11.6. The summed E-state index contributed by atoms with van der Waals surface area (Å²) in [5.74, 6) is 2.23. The number of rotatable bonds is 5. The quantitative estimate of drug-likeness (QED) is 0.587. The van der Waals surface area contributed by atoms with Gasteiger partial charge in [-0.25, -0.2) is 0 Å². The molecule has 0 aromatic heterocycles. The molecule has 16 heavy (non-hydrogen) atoms. The Morgan fingerprint density at radius 3 is 3.00 bits per heavy atom. The first-order valence-electron chi connectivity index (χ1n) is 5.38. The summed E-state index contributed by atoms with van der Waals surface area (Å²) >= 11 is 5.59. The maximum absolute atomic E-state index is 5.65. The van der Waals surface area contributed by atoms with Crippen LogP contribution in [0.4, 0.5) is 0 Å². The van der Waals surface area contributed by atoms with Gasteiger partial charge < -0.3 is 14.2 Å². The first-order valence-corrected chi connectivity index (χ1v) is 5.92. The normalized spacial score (nSPS) is 15.1. The molecule has 1 aliphatic rings. The fourth-order valence-electron chi connectivity index (χ4n) is 1.58. The molecule has 2 rings (SSSR count). The summed E-state index contributed by atoms with van der Waals surface area (Å²) in [7, 11) is 0. The molecule has 0 saturated heterocycles. The Morgan fingerprint density at radius 1 is 1.38 bits per heavy atom. The predicted octanol–water partition coefficient (Wildman–Crippen LogP) is 3.12. The van der Waals surface area contributed by atoms with E-state index in [-0.39, 0.29) is 6.10 Å². The lowest BCUT2D eigenvalue weighted by Crippen LogP contribution is -2.02. The average Bonchev–Trinajstić information content (AvgIpc) is 2.76. The van der Waals surface area contributed by atoms with E-state index in [1.54, 1.807) is 0 Å². The minimum absolute atomic E-state index is 0.0534. The van der Waals surface area contributed by atoms with E-state index in [0.717, 1.165) is 23.5 Å². The van der Waals surface area contributed by atoms with Crippen LogP contribution in [-0.2, 0) is 4.74 Å². The zero-order valence-electron chi connectivity index (χ0n) is 9.24. The van der Waals surface area contributed by atoms with Crippen LogP contribution in [0.1, 0.15) is 25.0 Å². The highest BCUT2D eigenvalue weighted by molar-refractivity contribution is 6.17. The first-order chi connectivity index (χ1) is 7.81. The molecule has 0 amide bonds. The number of alkyl halides is 1. The number of halogens is 1. The maximum Gasteiger partial charge on any atom is 0.231 e. The average molecular weight is 243 g/mol. The fourth-order valence-corrected chi connectivity index (χ4v) is 1.69. The second-order valence-electron chi connectivity index (χ2n) is 3.67. The minimum Gasteiger partial charge on any atom is -0.454 e. The van der Waals surface area contributed by atoms with Crippen LogP contribution in [0, 0.1) is 0 Å². The van der Waals surface area contributed by atoms with E-state index in [1.807, 2.05) is 25.1 Å². The van der Waals surface area contributed by atoms with Crippen LogP contribution < -0.4 is 9.47 Å². The Balaban J connectivity index is 1.98. The Kier molecular flexibility index (Phi) is 3.91. The van der Waals surface area contributed by atoms with E-state index in [0.29, 0.717) is 19.3 Å². The Morgan fingerprint density at radius 2 is 2.19 bits per heavy atom. The smallest absolute Gasteiger partial charge is 0.231 e. The maximum atomic E-state index is 5.65. The van der Waals surface area contributed by atoms with Gasteiger partial charge >= 0.3 is 0 Å². The summed E-state index contributed by atoms with van der Waals surface area (Å²) in [5, 5.41) is 0. The third-order valence-corrected chi connectivity index (χ3v) is 2.78.